The highest BCUT2D eigenvalue weighted by Gasteiger charge is 2.31. The van der Waals surface area contributed by atoms with E-state index in [-0.39, 0.29) is 23.6 Å². The monoisotopic (exact) mass is 719 g/mol. The number of ether oxygens (including phenoxy) is 2. The first kappa shape index (κ1) is 36.3. The number of anilines is 2. The number of hydrogen-bond donors (Lipinski definition) is 2. The number of urea groups is 1. The van der Waals surface area contributed by atoms with Crippen molar-refractivity contribution in [3.8, 4) is 17.2 Å². The number of likely N-dealkylation sites (N-methyl/N-ethyl adjacent to an activating group) is 1. The van der Waals surface area contributed by atoms with E-state index in [1.807, 2.05) is 74.9 Å². The number of carbonyl (C=O) groups is 1. The Morgan fingerprint density at radius 3 is 2.43 bits per heavy atom. The molecule has 12 heteroatoms. The Hall–Kier alpha value is -5.10. The molecular formula is C41H53N9O3. The number of nitrogens with one attached hydrogen (secondary N) is 2. The maximum atomic E-state index is 13.7. The zero-order valence-corrected chi connectivity index (χ0v) is 32.0. The second-order valence-electron chi connectivity index (χ2n) is 15.8. The quantitative estimate of drug-likeness (QED) is 0.151. The van der Waals surface area contributed by atoms with Gasteiger partial charge in [0.25, 0.3) is 0 Å². The van der Waals surface area contributed by atoms with Crippen molar-refractivity contribution in [3.63, 3.8) is 0 Å². The molecule has 1 saturated heterocycles. The Labute approximate surface area is 312 Å². The van der Waals surface area contributed by atoms with E-state index in [1.165, 1.54) is 6.42 Å². The predicted octanol–water partition coefficient (Wildman–Crippen LogP) is 7.70. The van der Waals surface area contributed by atoms with E-state index < -0.39 is 0 Å². The Kier molecular flexibility index (Phi) is 10.3. The van der Waals surface area contributed by atoms with E-state index in [4.69, 9.17) is 14.6 Å². The lowest BCUT2D eigenvalue weighted by atomic mass is 9.85. The number of pyridine rings is 1. The van der Waals surface area contributed by atoms with E-state index in [9.17, 15) is 4.79 Å². The summed E-state index contributed by atoms with van der Waals surface area (Å²) < 4.78 is 16.5. The van der Waals surface area contributed by atoms with Gasteiger partial charge in [-0.1, -0.05) is 51.1 Å². The molecule has 2 N–H and O–H groups in total. The van der Waals surface area contributed by atoms with Gasteiger partial charge < -0.3 is 24.6 Å². The van der Waals surface area contributed by atoms with E-state index in [0.717, 1.165) is 77.8 Å². The van der Waals surface area contributed by atoms with Crippen molar-refractivity contribution in [3.05, 3.63) is 89.7 Å². The molecule has 2 amide bonds. The third kappa shape index (κ3) is 7.97. The zero-order chi connectivity index (χ0) is 37.3. The van der Waals surface area contributed by atoms with Crippen LogP contribution < -0.4 is 25.0 Å². The summed E-state index contributed by atoms with van der Waals surface area (Å²) in [7, 11) is 4.04. The van der Waals surface area contributed by atoms with Crippen LogP contribution in [0.2, 0.25) is 0 Å². The molecule has 0 radical (unpaired) electrons. The molecule has 12 nitrogen and oxygen atoms in total. The second kappa shape index (κ2) is 15.1. The van der Waals surface area contributed by atoms with Gasteiger partial charge in [-0.3, -0.25) is 9.72 Å². The van der Waals surface area contributed by atoms with Crippen LogP contribution in [-0.4, -0.2) is 74.6 Å². The number of amides is 2. The highest BCUT2D eigenvalue weighted by molar-refractivity contribution is 5.89. The van der Waals surface area contributed by atoms with Gasteiger partial charge in [0, 0.05) is 36.2 Å². The standard InChI is InChI=1S/C41H53N9O3/c1-27-12-10-13-28(2)49(27)40-45-44-37-21-18-31(26-48(37)40)53-35-20-19-34(32-16-8-9-17-33(32)35)42-39(51)43-38-25-36(41(3,4)5)46-50(38)29-14-11-15-30(24-29)52-23-22-47(6)7/h8-9,11,14-18,21,24-28,34-35H,10,12-13,19-20,22-23H2,1-7H3,(H2,42,43,51)/t27?,28?,34-,35+/m0/s1. The zero-order valence-electron chi connectivity index (χ0n) is 32.0. The number of carbonyl (C=O) groups excluding carboxylic acids is 1. The van der Waals surface area contributed by atoms with Crippen LogP contribution in [0.25, 0.3) is 11.3 Å². The lowest BCUT2D eigenvalue weighted by molar-refractivity contribution is 0.171. The fourth-order valence-electron chi connectivity index (χ4n) is 7.50. The van der Waals surface area contributed by atoms with Crippen molar-refractivity contribution in [2.75, 3.05) is 37.5 Å². The van der Waals surface area contributed by atoms with Gasteiger partial charge in [0.05, 0.1) is 23.6 Å². The molecule has 1 fully saturated rings. The molecule has 3 aromatic heterocycles. The molecule has 2 aromatic carbocycles. The van der Waals surface area contributed by atoms with Crippen LogP contribution in [0.4, 0.5) is 16.6 Å². The smallest absolute Gasteiger partial charge is 0.320 e. The summed E-state index contributed by atoms with van der Waals surface area (Å²) in [4.78, 5) is 18.2. The molecule has 0 saturated carbocycles. The third-order valence-electron chi connectivity index (χ3n) is 10.4. The number of piperidine rings is 1. The van der Waals surface area contributed by atoms with Gasteiger partial charge in [-0.25, -0.2) is 9.48 Å². The number of hydrogen-bond acceptors (Lipinski definition) is 8. The first-order chi connectivity index (χ1) is 25.4. The number of nitrogens with zero attached hydrogens (tertiary/aromatic N) is 7. The number of aromatic nitrogens is 5. The largest absolute Gasteiger partial charge is 0.492 e. The molecule has 53 heavy (non-hydrogen) atoms. The molecule has 7 rings (SSSR count). The van der Waals surface area contributed by atoms with Gasteiger partial charge in [-0.2, -0.15) is 5.10 Å². The van der Waals surface area contributed by atoms with Crippen LogP contribution in [0, 0.1) is 0 Å². The van der Waals surface area contributed by atoms with E-state index >= 15 is 0 Å². The average Bonchev–Trinajstić information content (AvgIpc) is 3.74. The molecule has 0 spiro atoms. The number of rotatable bonds is 10. The van der Waals surface area contributed by atoms with E-state index in [0.29, 0.717) is 24.5 Å². The third-order valence-corrected chi connectivity index (χ3v) is 10.4. The minimum absolute atomic E-state index is 0.166. The highest BCUT2D eigenvalue weighted by Crippen LogP contribution is 2.39. The van der Waals surface area contributed by atoms with Gasteiger partial charge in [-0.15, -0.1) is 10.2 Å². The second-order valence-corrected chi connectivity index (χ2v) is 15.8. The van der Waals surface area contributed by atoms with Gasteiger partial charge in [0.15, 0.2) is 5.65 Å². The summed E-state index contributed by atoms with van der Waals surface area (Å²) in [5.41, 5.74) is 4.36. The first-order valence-electron chi connectivity index (χ1n) is 18.9. The average molecular weight is 720 g/mol. The minimum Gasteiger partial charge on any atom is -0.492 e. The van der Waals surface area contributed by atoms with Crippen LogP contribution in [0.5, 0.6) is 11.5 Å². The van der Waals surface area contributed by atoms with Crippen LogP contribution in [-0.2, 0) is 5.41 Å². The summed E-state index contributed by atoms with van der Waals surface area (Å²) in [5, 5.41) is 20.4. The predicted molar refractivity (Wildman–Crippen MR) is 208 cm³/mol. The van der Waals surface area contributed by atoms with Gasteiger partial charge in [-0.05, 0) is 95.4 Å². The molecule has 2 unspecified atom stereocenters. The van der Waals surface area contributed by atoms with E-state index in [1.54, 1.807) is 4.68 Å². The Balaban J connectivity index is 1.08. The summed E-state index contributed by atoms with van der Waals surface area (Å²) in [6, 6.07) is 22.2. The highest BCUT2D eigenvalue weighted by atomic mass is 16.5. The van der Waals surface area contributed by atoms with Crippen LogP contribution in [0.1, 0.15) is 95.7 Å². The Morgan fingerprint density at radius 1 is 0.906 bits per heavy atom. The fraction of sp³-hybridized carbons (Fsp3) is 0.463. The lowest BCUT2D eigenvalue weighted by Gasteiger charge is -2.39. The summed E-state index contributed by atoms with van der Waals surface area (Å²) in [5.74, 6) is 2.95. The Morgan fingerprint density at radius 2 is 1.68 bits per heavy atom. The topological polar surface area (TPSA) is 114 Å². The molecule has 2 aliphatic rings. The first-order valence-corrected chi connectivity index (χ1v) is 18.9. The van der Waals surface area contributed by atoms with Gasteiger partial charge in [0.2, 0.25) is 5.95 Å². The molecular weight excluding hydrogens is 667 g/mol. The van der Waals surface area contributed by atoms with Crippen LogP contribution in [0.3, 0.4) is 0 Å². The molecule has 280 valence electrons. The normalized spacial score (nSPS) is 20.3. The number of fused-ring (bicyclic) bond motifs is 2. The van der Waals surface area contributed by atoms with Crippen molar-refractivity contribution in [1.82, 2.24) is 34.6 Å². The fourth-order valence-corrected chi connectivity index (χ4v) is 7.50. The van der Waals surface area contributed by atoms with Crippen LogP contribution in [0.15, 0.2) is 72.9 Å². The molecule has 1 aliphatic carbocycles. The summed E-state index contributed by atoms with van der Waals surface area (Å²) in [6.07, 6.45) is 6.82. The molecule has 5 aromatic rings. The summed E-state index contributed by atoms with van der Waals surface area (Å²) >= 11 is 0. The lowest BCUT2D eigenvalue weighted by Crippen LogP contribution is -2.44. The molecule has 4 heterocycles. The number of benzene rings is 2. The molecule has 4 atom stereocenters. The van der Waals surface area contributed by atoms with Crippen LogP contribution >= 0.6 is 0 Å². The van der Waals surface area contributed by atoms with Crippen molar-refractivity contribution < 1.29 is 14.3 Å². The van der Waals surface area contributed by atoms with Gasteiger partial charge >= 0.3 is 6.03 Å². The van der Waals surface area contributed by atoms with Crippen molar-refractivity contribution in [2.45, 2.75) is 96.4 Å². The molecule has 0 bridgehead atoms. The minimum atomic E-state index is -0.295. The van der Waals surface area contributed by atoms with Crippen molar-refractivity contribution >= 4 is 23.4 Å². The van der Waals surface area contributed by atoms with Gasteiger partial charge in [0.1, 0.15) is 30.0 Å². The van der Waals surface area contributed by atoms with Crippen molar-refractivity contribution in [2.24, 2.45) is 0 Å². The maximum absolute atomic E-state index is 13.7. The van der Waals surface area contributed by atoms with Crippen molar-refractivity contribution in [1.29, 1.82) is 0 Å². The maximum Gasteiger partial charge on any atom is 0.320 e. The Bertz CT molecular complexity index is 2040. The SMILES string of the molecule is CC1CCCC(C)N1c1nnc2ccc(O[C@@H]3CC[C@H](NC(=O)Nc4cc(C(C)(C)C)nn4-c4cccc(OCCN(C)C)c4)c4ccccc43)cn12. The summed E-state index contributed by atoms with van der Waals surface area (Å²) in [6.45, 7) is 12.2. The molecule has 1 aliphatic heterocycles. The van der Waals surface area contributed by atoms with E-state index in [2.05, 4.69) is 81.8 Å².